The van der Waals surface area contributed by atoms with E-state index in [2.05, 4.69) is 10.5 Å². The second kappa shape index (κ2) is 12.1. The van der Waals surface area contributed by atoms with Crippen LogP contribution < -0.4 is 19.6 Å². The molecule has 0 radical (unpaired) electrons. The molecule has 0 fully saturated rings. The Kier molecular flexibility index (Phi) is 8.98. The Morgan fingerprint density at radius 1 is 0.939 bits per heavy atom. The number of rotatable bonds is 10. The summed E-state index contributed by atoms with van der Waals surface area (Å²) in [7, 11) is 1.56. The van der Waals surface area contributed by atoms with E-state index in [1.807, 2.05) is 43.3 Å². The molecular weight excluding hydrogens is 463 g/mol. The van der Waals surface area contributed by atoms with Crippen LogP contribution in [0, 0.1) is 0 Å². The standard InChI is InChI=1S/C25H24Cl2N2O4/c1-3-32-20-8-4-17(5-9-20)14-25(30)29-28-15-18-7-11-23(24(13-18)31-2)33-16-19-6-10-21(26)22(27)12-19/h4-13,15H,3,14,16H2,1-2H3,(H,29,30)/b28-15-. The predicted molar refractivity (Wildman–Crippen MR) is 131 cm³/mol. The Morgan fingerprint density at radius 2 is 1.70 bits per heavy atom. The number of nitrogens with zero attached hydrogens (tertiary/aromatic N) is 1. The summed E-state index contributed by atoms with van der Waals surface area (Å²) in [6.45, 7) is 2.83. The highest BCUT2D eigenvalue weighted by Crippen LogP contribution is 2.29. The first-order valence-corrected chi connectivity index (χ1v) is 11.0. The molecule has 0 heterocycles. The molecule has 6 nitrogen and oxygen atoms in total. The van der Waals surface area contributed by atoms with Gasteiger partial charge in [0.05, 0.1) is 36.4 Å². The molecule has 0 atom stereocenters. The van der Waals surface area contributed by atoms with E-state index in [4.69, 9.17) is 37.4 Å². The minimum atomic E-state index is -0.219. The number of methoxy groups -OCH3 is 1. The van der Waals surface area contributed by atoms with E-state index in [9.17, 15) is 4.79 Å². The zero-order chi connectivity index (χ0) is 23.6. The SMILES string of the molecule is CCOc1ccc(CC(=O)N/N=C\c2ccc(OCc3ccc(Cl)c(Cl)c3)c(OC)c2)cc1. The lowest BCUT2D eigenvalue weighted by molar-refractivity contribution is -0.120. The Labute approximate surface area is 203 Å². The molecule has 0 aliphatic heterocycles. The van der Waals surface area contributed by atoms with Crippen molar-refractivity contribution in [1.29, 1.82) is 0 Å². The lowest BCUT2D eigenvalue weighted by Crippen LogP contribution is -2.19. The third kappa shape index (κ3) is 7.41. The van der Waals surface area contributed by atoms with Crippen molar-refractivity contribution in [3.8, 4) is 17.2 Å². The number of carbonyl (C=O) groups is 1. The number of nitrogens with one attached hydrogen (secondary N) is 1. The normalized spacial score (nSPS) is 10.8. The summed E-state index contributed by atoms with van der Waals surface area (Å²) >= 11 is 12.0. The summed E-state index contributed by atoms with van der Waals surface area (Å²) in [5.41, 5.74) is 5.03. The summed E-state index contributed by atoms with van der Waals surface area (Å²) in [5.74, 6) is 1.67. The van der Waals surface area contributed by atoms with Crippen LogP contribution in [0.1, 0.15) is 23.6 Å². The van der Waals surface area contributed by atoms with Crippen LogP contribution in [-0.2, 0) is 17.8 Å². The van der Waals surface area contributed by atoms with E-state index < -0.39 is 0 Å². The highest BCUT2D eigenvalue weighted by molar-refractivity contribution is 6.42. The molecule has 0 saturated carbocycles. The van der Waals surface area contributed by atoms with E-state index >= 15 is 0 Å². The lowest BCUT2D eigenvalue weighted by Gasteiger charge is -2.11. The average Bonchev–Trinajstić information content (AvgIpc) is 2.81. The van der Waals surface area contributed by atoms with Gasteiger partial charge >= 0.3 is 0 Å². The molecule has 1 N–H and O–H groups in total. The van der Waals surface area contributed by atoms with Gasteiger partial charge in [-0.25, -0.2) is 5.43 Å². The molecule has 0 saturated heterocycles. The van der Waals surface area contributed by atoms with E-state index in [0.717, 1.165) is 22.4 Å². The molecule has 0 unspecified atom stereocenters. The van der Waals surface area contributed by atoms with Crippen LogP contribution in [0.25, 0.3) is 0 Å². The van der Waals surface area contributed by atoms with Crippen molar-refractivity contribution < 1.29 is 19.0 Å². The molecule has 172 valence electrons. The monoisotopic (exact) mass is 486 g/mol. The highest BCUT2D eigenvalue weighted by Gasteiger charge is 2.07. The molecule has 0 bridgehead atoms. The predicted octanol–water partition coefficient (Wildman–Crippen LogP) is 5.67. The van der Waals surface area contributed by atoms with Crippen molar-refractivity contribution in [3.63, 3.8) is 0 Å². The number of carbonyl (C=O) groups excluding carboxylic acids is 1. The lowest BCUT2D eigenvalue weighted by atomic mass is 10.1. The summed E-state index contributed by atoms with van der Waals surface area (Å²) in [6, 6.07) is 18.1. The molecule has 3 aromatic carbocycles. The van der Waals surface area contributed by atoms with Crippen molar-refractivity contribution in [2.24, 2.45) is 5.10 Å². The van der Waals surface area contributed by atoms with Crippen LogP contribution in [0.2, 0.25) is 10.0 Å². The summed E-state index contributed by atoms with van der Waals surface area (Å²) in [5, 5.41) is 5.00. The maximum Gasteiger partial charge on any atom is 0.244 e. The number of hydrazone groups is 1. The maximum atomic E-state index is 12.1. The van der Waals surface area contributed by atoms with Gasteiger partial charge in [0.2, 0.25) is 5.91 Å². The first-order valence-electron chi connectivity index (χ1n) is 10.3. The van der Waals surface area contributed by atoms with Crippen molar-refractivity contribution >= 4 is 35.3 Å². The van der Waals surface area contributed by atoms with Crippen molar-refractivity contribution in [1.82, 2.24) is 5.43 Å². The largest absolute Gasteiger partial charge is 0.494 e. The molecule has 0 aliphatic rings. The van der Waals surface area contributed by atoms with Crippen molar-refractivity contribution in [2.45, 2.75) is 20.0 Å². The fraction of sp³-hybridized carbons (Fsp3) is 0.200. The minimum Gasteiger partial charge on any atom is -0.494 e. The first kappa shape index (κ1) is 24.4. The van der Waals surface area contributed by atoms with Gasteiger partial charge in [-0.2, -0.15) is 5.10 Å². The third-order valence-corrected chi connectivity index (χ3v) is 5.31. The molecular formula is C25H24Cl2N2O4. The number of ether oxygens (including phenoxy) is 3. The number of amides is 1. The zero-order valence-electron chi connectivity index (χ0n) is 18.3. The van der Waals surface area contributed by atoms with Crippen LogP contribution in [0.3, 0.4) is 0 Å². The summed E-state index contributed by atoms with van der Waals surface area (Å²) < 4.78 is 16.7. The number of benzene rings is 3. The summed E-state index contributed by atoms with van der Waals surface area (Å²) in [6.07, 6.45) is 1.76. The van der Waals surface area contributed by atoms with E-state index in [1.54, 1.807) is 37.6 Å². The van der Waals surface area contributed by atoms with Crippen LogP contribution in [0.5, 0.6) is 17.2 Å². The zero-order valence-corrected chi connectivity index (χ0v) is 19.8. The number of hydrogen-bond donors (Lipinski definition) is 1. The average molecular weight is 487 g/mol. The van der Waals surface area contributed by atoms with Crippen LogP contribution in [-0.4, -0.2) is 25.8 Å². The van der Waals surface area contributed by atoms with Gasteiger partial charge in [0.15, 0.2) is 11.5 Å². The highest BCUT2D eigenvalue weighted by atomic mass is 35.5. The second-order valence-electron chi connectivity index (χ2n) is 6.99. The molecule has 3 rings (SSSR count). The third-order valence-electron chi connectivity index (χ3n) is 4.57. The van der Waals surface area contributed by atoms with Gasteiger partial charge in [-0.15, -0.1) is 0 Å². The molecule has 33 heavy (non-hydrogen) atoms. The van der Waals surface area contributed by atoms with Gasteiger partial charge < -0.3 is 14.2 Å². The van der Waals surface area contributed by atoms with E-state index in [-0.39, 0.29) is 12.3 Å². The number of halogens is 2. The smallest absolute Gasteiger partial charge is 0.244 e. The van der Waals surface area contributed by atoms with Gasteiger partial charge in [0.1, 0.15) is 12.4 Å². The van der Waals surface area contributed by atoms with Gasteiger partial charge in [-0.05, 0) is 66.1 Å². The topological polar surface area (TPSA) is 69.2 Å². The fourth-order valence-electron chi connectivity index (χ4n) is 2.95. The first-order chi connectivity index (χ1) is 16.0. The Bertz CT molecular complexity index is 1120. The molecule has 1 amide bonds. The minimum absolute atomic E-state index is 0.217. The van der Waals surface area contributed by atoms with Gasteiger partial charge in [-0.3, -0.25) is 4.79 Å². The molecule has 0 aliphatic carbocycles. The van der Waals surface area contributed by atoms with Crippen molar-refractivity contribution in [2.75, 3.05) is 13.7 Å². The maximum absolute atomic E-state index is 12.1. The van der Waals surface area contributed by atoms with Crippen LogP contribution in [0.4, 0.5) is 0 Å². The van der Waals surface area contributed by atoms with E-state index in [1.165, 1.54) is 0 Å². The number of hydrogen-bond acceptors (Lipinski definition) is 5. The molecule has 3 aromatic rings. The van der Waals surface area contributed by atoms with Crippen molar-refractivity contribution in [3.05, 3.63) is 87.4 Å². The molecule has 0 spiro atoms. The van der Waals surface area contributed by atoms with Crippen LogP contribution in [0.15, 0.2) is 65.8 Å². The quantitative estimate of drug-likeness (QED) is 0.296. The van der Waals surface area contributed by atoms with Gasteiger partial charge in [0.25, 0.3) is 0 Å². The second-order valence-corrected chi connectivity index (χ2v) is 7.81. The van der Waals surface area contributed by atoms with Gasteiger partial charge in [0, 0.05) is 0 Å². The fourth-order valence-corrected chi connectivity index (χ4v) is 3.27. The van der Waals surface area contributed by atoms with E-state index in [0.29, 0.717) is 34.8 Å². The van der Waals surface area contributed by atoms with Crippen LogP contribution >= 0.6 is 23.2 Å². The summed E-state index contributed by atoms with van der Waals surface area (Å²) in [4.78, 5) is 12.1. The molecule has 0 aromatic heterocycles. The Balaban J connectivity index is 1.54. The molecule has 8 heteroatoms. The van der Waals surface area contributed by atoms with Gasteiger partial charge in [-0.1, -0.05) is 41.4 Å². The Hall–Kier alpha value is -3.22. The Morgan fingerprint density at radius 3 is 2.39 bits per heavy atom.